The quantitative estimate of drug-likeness (QED) is 0.0645. The molecule has 42 heavy (non-hydrogen) atoms. The number of carbonyl (C=O) groups excluding carboxylic acids is 4. The molecule has 1 aromatic carbocycles. The first-order chi connectivity index (χ1) is 20.3. The Kier molecular flexibility index (Phi) is 17.3. The summed E-state index contributed by atoms with van der Waals surface area (Å²) >= 11 is 0. The minimum absolute atomic E-state index is 0.0267. The average molecular weight is 589 g/mol. The van der Waals surface area contributed by atoms with E-state index in [-0.39, 0.29) is 24.6 Å². The Morgan fingerprint density at radius 2 is 1.48 bits per heavy atom. The molecule has 1 heterocycles. The van der Waals surface area contributed by atoms with Gasteiger partial charge in [0.2, 0.25) is 6.04 Å². The van der Waals surface area contributed by atoms with E-state index in [2.05, 4.69) is 19.2 Å². The van der Waals surface area contributed by atoms with Crippen LogP contribution < -0.4 is 11.1 Å². The molecule has 236 valence electrons. The van der Waals surface area contributed by atoms with Crippen LogP contribution in [-0.2, 0) is 35.2 Å². The number of primary amides is 1. The van der Waals surface area contributed by atoms with E-state index in [0.717, 1.165) is 56.9 Å². The maximum Gasteiger partial charge on any atom is 0.408 e. The number of unbranched alkanes of at least 4 members (excludes halogenated alkanes) is 11. The average Bonchev–Trinajstić information content (AvgIpc) is 2.97. The smallest absolute Gasteiger partial charge is 0.408 e. The third kappa shape index (κ3) is 13.7. The van der Waals surface area contributed by atoms with Crippen molar-refractivity contribution in [1.29, 1.82) is 0 Å². The Labute approximate surface area is 251 Å². The second-order valence-electron chi connectivity index (χ2n) is 11.4. The molecule has 1 saturated heterocycles. The van der Waals surface area contributed by atoms with Crippen molar-refractivity contribution in [2.45, 2.75) is 141 Å². The van der Waals surface area contributed by atoms with E-state index >= 15 is 0 Å². The van der Waals surface area contributed by atoms with Crippen LogP contribution >= 0.6 is 0 Å². The molecule has 2 amide bonds. The van der Waals surface area contributed by atoms with Crippen molar-refractivity contribution >= 4 is 23.9 Å². The highest BCUT2D eigenvalue weighted by Crippen LogP contribution is 2.32. The number of esters is 2. The number of amides is 2. The van der Waals surface area contributed by atoms with E-state index in [1.54, 1.807) is 12.1 Å². The minimum atomic E-state index is -1.69. The fraction of sp³-hybridized carbons (Fsp3) is 0.697. The summed E-state index contributed by atoms with van der Waals surface area (Å²) in [4.78, 5) is 49.6. The highest BCUT2D eigenvalue weighted by atomic mass is 16.6. The molecule has 0 aromatic heterocycles. The SMILES string of the molecule is CCCCCCCCCCC[C@@H](C[C@@H]1OC(=O)[C@H]1CCCCCC)OC(=O)C(NC(=O)OCc1ccccc1)C(N)=O. The van der Waals surface area contributed by atoms with Gasteiger partial charge in [0.15, 0.2) is 0 Å². The van der Waals surface area contributed by atoms with Gasteiger partial charge in [0.25, 0.3) is 5.91 Å². The number of hydrogen-bond donors (Lipinski definition) is 2. The van der Waals surface area contributed by atoms with Crippen LogP contribution in [-0.4, -0.2) is 42.2 Å². The minimum Gasteiger partial charge on any atom is -0.461 e. The second-order valence-corrected chi connectivity index (χ2v) is 11.4. The Hall–Kier alpha value is -3.10. The molecule has 9 nitrogen and oxygen atoms in total. The maximum absolute atomic E-state index is 13.0. The summed E-state index contributed by atoms with van der Waals surface area (Å²) in [5, 5.41) is 2.24. The molecular formula is C33H52N2O7. The van der Waals surface area contributed by atoms with Crippen molar-refractivity contribution in [2.75, 3.05) is 0 Å². The summed E-state index contributed by atoms with van der Waals surface area (Å²) in [5.41, 5.74) is 6.20. The van der Waals surface area contributed by atoms with Crippen LogP contribution in [0.1, 0.15) is 122 Å². The number of alkyl carbamates (subject to hydrolysis) is 1. The van der Waals surface area contributed by atoms with Gasteiger partial charge in [0, 0.05) is 6.42 Å². The number of benzene rings is 1. The molecule has 0 spiro atoms. The monoisotopic (exact) mass is 588 g/mol. The zero-order chi connectivity index (χ0) is 30.6. The summed E-state index contributed by atoms with van der Waals surface area (Å²) in [5.74, 6) is -2.39. The van der Waals surface area contributed by atoms with Crippen LogP contribution in [0.2, 0.25) is 0 Å². The highest BCUT2D eigenvalue weighted by Gasteiger charge is 2.43. The van der Waals surface area contributed by atoms with Gasteiger partial charge >= 0.3 is 18.0 Å². The lowest BCUT2D eigenvalue weighted by Gasteiger charge is -2.37. The van der Waals surface area contributed by atoms with Gasteiger partial charge in [-0.15, -0.1) is 0 Å². The van der Waals surface area contributed by atoms with Crippen molar-refractivity contribution in [1.82, 2.24) is 5.32 Å². The van der Waals surface area contributed by atoms with Crippen LogP contribution in [0.25, 0.3) is 0 Å². The van der Waals surface area contributed by atoms with E-state index in [0.29, 0.717) is 12.8 Å². The van der Waals surface area contributed by atoms with Crippen molar-refractivity contribution in [3.05, 3.63) is 35.9 Å². The number of ether oxygens (including phenoxy) is 3. The molecule has 0 saturated carbocycles. The Bertz CT molecular complexity index is 940. The first-order valence-corrected chi connectivity index (χ1v) is 16.0. The lowest BCUT2D eigenvalue weighted by atomic mass is 9.86. The van der Waals surface area contributed by atoms with E-state index in [1.807, 2.05) is 18.2 Å². The summed E-state index contributed by atoms with van der Waals surface area (Å²) in [7, 11) is 0. The van der Waals surface area contributed by atoms with Gasteiger partial charge in [0.05, 0.1) is 5.92 Å². The van der Waals surface area contributed by atoms with E-state index < -0.39 is 30.1 Å². The number of nitrogens with two attached hydrogens (primary N) is 1. The van der Waals surface area contributed by atoms with Gasteiger partial charge < -0.3 is 19.9 Å². The number of hydrogen-bond acceptors (Lipinski definition) is 7. The van der Waals surface area contributed by atoms with Crippen LogP contribution in [0.5, 0.6) is 0 Å². The Balaban J connectivity index is 1.92. The fourth-order valence-corrected chi connectivity index (χ4v) is 5.23. The fourth-order valence-electron chi connectivity index (χ4n) is 5.23. The van der Waals surface area contributed by atoms with Crippen LogP contribution in [0.15, 0.2) is 30.3 Å². The van der Waals surface area contributed by atoms with Crippen LogP contribution in [0.3, 0.4) is 0 Å². The second kappa shape index (κ2) is 20.7. The van der Waals surface area contributed by atoms with E-state index in [4.69, 9.17) is 19.9 Å². The third-order valence-electron chi connectivity index (χ3n) is 7.79. The summed E-state index contributed by atoms with van der Waals surface area (Å²) in [6.45, 7) is 4.33. The molecule has 4 atom stereocenters. The molecule has 2 rings (SSSR count). The number of carbonyl (C=O) groups is 4. The van der Waals surface area contributed by atoms with E-state index in [9.17, 15) is 19.2 Å². The maximum atomic E-state index is 13.0. The lowest BCUT2D eigenvalue weighted by Crippen LogP contribution is -2.52. The summed E-state index contributed by atoms with van der Waals surface area (Å²) in [6.07, 6.45) is 14.5. The topological polar surface area (TPSA) is 134 Å². The zero-order valence-corrected chi connectivity index (χ0v) is 25.7. The normalized spacial score (nSPS) is 17.4. The van der Waals surface area contributed by atoms with Gasteiger partial charge in [0.1, 0.15) is 18.8 Å². The number of rotatable bonds is 23. The van der Waals surface area contributed by atoms with Gasteiger partial charge in [-0.25, -0.2) is 9.59 Å². The van der Waals surface area contributed by atoms with Crippen molar-refractivity contribution < 1.29 is 33.4 Å². The first-order valence-electron chi connectivity index (χ1n) is 16.0. The molecule has 0 radical (unpaired) electrons. The molecule has 9 heteroatoms. The molecule has 1 unspecified atom stereocenters. The highest BCUT2D eigenvalue weighted by molar-refractivity contribution is 6.03. The lowest BCUT2D eigenvalue weighted by molar-refractivity contribution is -0.190. The number of cyclic esters (lactones) is 1. The molecule has 1 fully saturated rings. The van der Waals surface area contributed by atoms with Gasteiger partial charge in [-0.2, -0.15) is 0 Å². The Morgan fingerprint density at radius 3 is 2.07 bits per heavy atom. The summed E-state index contributed by atoms with van der Waals surface area (Å²) in [6, 6.07) is 7.34. The third-order valence-corrected chi connectivity index (χ3v) is 7.79. The van der Waals surface area contributed by atoms with Crippen molar-refractivity contribution in [3.8, 4) is 0 Å². The standard InChI is InChI=1S/C33H52N2O7/c1-3-5-7-9-10-11-12-13-17-21-26(23-28-27(31(37)42-28)22-18-8-6-4-2)41-32(38)29(30(34)36)35-33(39)40-24-25-19-15-14-16-20-25/h14-16,19-20,26-29H,3-13,17-18,21-24H2,1-2H3,(H2,34,36)(H,35,39)/t26-,27-,28-,29?/m0/s1. The molecule has 1 aromatic rings. The molecule has 1 aliphatic rings. The van der Waals surface area contributed by atoms with E-state index in [1.165, 1.54) is 38.5 Å². The van der Waals surface area contributed by atoms with Gasteiger partial charge in [-0.05, 0) is 24.8 Å². The number of nitrogens with one attached hydrogen (secondary N) is 1. The van der Waals surface area contributed by atoms with Gasteiger partial charge in [-0.3, -0.25) is 14.9 Å². The predicted octanol–water partition coefficient (Wildman–Crippen LogP) is 6.50. The van der Waals surface area contributed by atoms with Gasteiger partial charge in [-0.1, -0.05) is 121 Å². The zero-order valence-electron chi connectivity index (χ0n) is 25.7. The molecule has 1 aliphatic heterocycles. The van der Waals surface area contributed by atoms with Crippen molar-refractivity contribution in [3.63, 3.8) is 0 Å². The Morgan fingerprint density at radius 1 is 0.881 bits per heavy atom. The first kappa shape index (κ1) is 35.1. The largest absolute Gasteiger partial charge is 0.461 e. The van der Waals surface area contributed by atoms with Crippen molar-refractivity contribution in [2.24, 2.45) is 11.7 Å². The molecule has 0 bridgehead atoms. The van der Waals surface area contributed by atoms with Crippen LogP contribution in [0, 0.1) is 5.92 Å². The molecule has 0 aliphatic carbocycles. The van der Waals surface area contributed by atoms with Crippen LogP contribution in [0.4, 0.5) is 4.79 Å². The predicted molar refractivity (Wildman–Crippen MR) is 161 cm³/mol. The molecular weight excluding hydrogens is 536 g/mol. The summed E-state index contributed by atoms with van der Waals surface area (Å²) < 4.78 is 16.3. The molecule has 3 N–H and O–H groups in total.